The summed E-state index contributed by atoms with van der Waals surface area (Å²) in [6.07, 6.45) is 4.37. The van der Waals surface area contributed by atoms with Gasteiger partial charge in [0.2, 0.25) is 5.13 Å². The van der Waals surface area contributed by atoms with E-state index in [9.17, 15) is 0 Å². The van der Waals surface area contributed by atoms with Gasteiger partial charge in [0.1, 0.15) is 5.82 Å². The van der Waals surface area contributed by atoms with Crippen molar-refractivity contribution in [3.63, 3.8) is 0 Å². The van der Waals surface area contributed by atoms with Crippen molar-refractivity contribution in [3.05, 3.63) is 18.2 Å². The Labute approximate surface area is 97.4 Å². The largest absolute Gasteiger partial charge is 0.384 e. The first kappa shape index (κ1) is 11.0. The number of anilines is 2. The molecule has 16 heavy (non-hydrogen) atoms. The minimum Gasteiger partial charge on any atom is -0.384 e. The van der Waals surface area contributed by atoms with Crippen molar-refractivity contribution in [3.8, 4) is 0 Å². The lowest BCUT2D eigenvalue weighted by atomic mass is 10.4. The van der Waals surface area contributed by atoms with Crippen LogP contribution in [0, 0.1) is 0 Å². The summed E-state index contributed by atoms with van der Waals surface area (Å²) in [5.41, 5.74) is 0.914. The maximum Gasteiger partial charge on any atom is 0.207 e. The molecule has 7 heteroatoms. The molecule has 0 saturated heterocycles. The summed E-state index contributed by atoms with van der Waals surface area (Å²) in [7, 11) is 3.54. The SMILES string of the molecule is COCCc1nsc(Nc2cnn(C)c2)n1. The molecule has 2 rings (SSSR count). The minimum atomic E-state index is 0.642. The van der Waals surface area contributed by atoms with Gasteiger partial charge in [-0.2, -0.15) is 9.47 Å². The van der Waals surface area contributed by atoms with Crippen LogP contribution in [-0.4, -0.2) is 32.9 Å². The van der Waals surface area contributed by atoms with E-state index in [-0.39, 0.29) is 0 Å². The lowest BCUT2D eigenvalue weighted by Crippen LogP contribution is -1.96. The van der Waals surface area contributed by atoms with E-state index in [4.69, 9.17) is 4.74 Å². The first-order valence-electron chi connectivity index (χ1n) is 4.85. The highest BCUT2D eigenvalue weighted by Gasteiger charge is 2.04. The first-order valence-corrected chi connectivity index (χ1v) is 5.62. The molecular formula is C9H13N5OS. The summed E-state index contributed by atoms with van der Waals surface area (Å²) < 4.78 is 10.9. The molecule has 0 aromatic carbocycles. The van der Waals surface area contributed by atoms with Crippen molar-refractivity contribution < 1.29 is 4.74 Å². The maximum absolute atomic E-state index is 4.97. The van der Waals surface area contributed by atoms with E-state index in [1.807, 2.05) is 13.2 Å². The Morgan fingerprint density at radius 3 is 3.12 bits per heavy atom. The number of ether oxygens (including phenoxy) is 1. The highest BCUT2D eigenvalue weighted by molar-refractivity contribution is 7.09. The van der Waals surface area contributed by atoms with Gasteiger partial charge >= 0.3 is 0 Å². The lowest BCUT2D eigenvalue weighted by molar-refractivity contribution is 0.201. The monoisotopic (exact) mass is 239 g/mol. The smallest absolute Gasteiger partial charge is 0.207 e. The minimum absolute atomic E-state index is 0.642. The second kappa shape index (κ2) is 5.04. The van der Waals surface area contributed by atoms with Crippen molar-refractivity contribution in [1.29, 1.82) is 0 Å². The number of methoxy groups -OCH3 is 1. The van der Waals surface area contributed by atoms with Crippen LogP contribution in [-0.2, 0) is 18.2 Å². The maximum atomic E-state index is 4.97. The summed E-state index contributed by atoms with van der Waals surface area (Å²) >= 11 is 1.34. The molecule has 0 atom stereocenters. The average molecular weight is 239 g/mol. The molecular weight excluding hydrogens is 226 g/mol. The zero-order valence-electron chi connectivity index (χ0n) is 9.17. The average Bonchev–Trinajstić information content (AvgIpc) is 2.86. The quantitative estimate of drug-likeness (QED) is 0.849. The number of nitrogens with one attached hydrogen (secondary N) is 1. The van der Waals surface area contributed by atoms with Gasteiger partial charge in [0.15, 0.2) is 0 Å². The highest BCUT2D eigenvalue weighted by atomic mass is 32.1. The topological polar surface area (TPSA) is 64.9 Å². The standard InChI is InChI=1S/C9H13N5OS/c1-14-6-7(5-10-14)11-9-12-8(13-16-9)3-4-15-2/h5-6H,3-4H2,1-2H3,(H,11,12,13). The van der Waals surface area contributed by atoms with E-state index in [0.29, 0.717) is 6.61 Å². The van der Waals surface area contributed by atoms with Crippen LogP contribution in [0.25, 0.3) is 0 Å². The summed E-state index contributed by atoms with van der Waals surface area (Å²) in [6.45, 7) is 0.642. The molecule has 2 aromatic heterocycles. The van der Waals surface area contributed by atoms with Crippen molar-refractivity contribution in [2.75, 3.05) is 19.0 Å². The van der Waals surface area contributed by atoms with Crippen molar-refractivity contribution in [1.82, 2.24) is 19.1 Å². The summed E-state index contributed by atoms with van der Waals surface area (Å²) in [5, 5.41) is 7.98. The molecule has 1 N–H and O–H groups in total. The van der Waals surface area contributed by atoms with Gasteiger partial charge in [-0.3, -0.25) is 4.68 Å². The van der Waals surface area contributed by atoms with Crippen LogP contribution in [0.5, 0.6) is 0 Å². The number of nitrogens with zero attached hydrogens (tertiary/aromatic N) is 4. The number of aryl methyl sites for hydroxylation is 1. The van der Waals surface area contributed by atoms with Crippen LogP contribution in [0.1, 0.15) is 5.82 Å². The van der Waals surface area contributed by atoms with Gasteiger partial charge in [0, 0.05) is 38.3 Å². The van der Waals surface area contributed by atoms with E-state index in [2.05, 4.69) is 19.8 Å². The molecule has 0 spiro atoms. The van der Waals surface area contributed by atoms with Crippen molar-refractivity contribution >= 4 is 22.4 Å². The molecule has 6 nitrogen and oxygen atoms in total. The van der Waals surface area contributed by atoms with Crippen LogP contribution in [0.2, 0.25) is 0 Å². The van der Waals surface area contributed by atoms with Gasteiger partial charge < -0.3 is 10.1 Å². The predicted molar refractivity (Wildman–Crippen MR) is 62.0 cm³/mol. The molecule has 0 fully saturated rings. The molecule has 0 saturated carbocycles. The van der Waals surface area contributed by atoms with Gasteiger partial charge in [-0.15, -0.1) is 0 Å². The fraction of sp³-hybridized carbons (Fsp3) is 0.444. The molecule has 0 aliphatic heterocycles. The van der Waals surface area contributed by atoms with Gasteiger partial charge in [0.05, 0.1) is 18.5 Å². The Morgan fingerprint density at radius 2 is 2.44 bits per heavy atom. The van der Waals surface area contributed by atoms with E-state index >= 15 is 0 Å². The Bertz CT molecular complexity index is 452. The van der Waals surface area contributed by atoms with Gasteiger partial charge in [-0.05, 0) is 0 Å². The molecule has 86 valence electrons. The van der Waals surface area contributed by atoms with Crippen molar-refractivity contribution in [2.45, 2.75) is 6.42 Å². The van der Waals surface area contributed by atoms with Crippen LogP contribution >= 0.6 is 11.5 Å². The normalized spacial score (nSPS) is 10.6. The number of rotatable bonds is 5. The van der Waals surface area contributed by atoms with E-state index in [0.717, 1.165) is 23.1 Å². The second-order valence-corrected chi connectivity index (χ2v) is 4.04. The number of hydrogen-bond donors (Lipinski definition) is 1. The van der Waals surface area contributed by atoms with E-state index in [1.165, 1.54) is 11.5 Å². The van der Waals surface area contributed by atoms with Crippen molar-refractivity contribution in [2.24, 2.45) is 7.05 Å². The Hall–Kier alpha value is -1.47. The Balaban J connectivity index is 1.97. The van der Waals surface area contributed by atoms with E-state index in [1.54, 1.807) is 18.0 Å². The molecule has 0 unspecified atom stereocenters. The van der Waals surface area contributed by atoms with Gasteiger partial charge in [-0.25, -0.2) is 4.98 Å². The zero-order valence-corrected chi connectivity index (χ0v) is 9.99. The van der Waals surface area contributed by atoms with Gasteiger partial charge in [0.25, 0.3) is 0 Å². The zero-order chi connectivity index (χ0) is 11.4. The van der Waals surface area contributed by atoms with E-state index < -0.39 is 0 Å². The Morgan fingerprint density at radius 1 is 1.56 bits per heavy atom. The predicted octanol–water partition coefficient (Wildman–Crippen LogP) is 1.20. The first-order chi connectivity index (χ1) is 7.78. The van der Waals surface area contributed by atoms with Crippen LogP contribution in [0.3, 0.4) is 0 Å². The third-order valence-corrected chi connectivity index (χ3v) is 2.62. The molecule has 0 aliphatic rings. The Kier molecular flexibility index (Phi) is 3.47. The highest BCUT2D eigenvalue weighted by Crippen LogP contribution is 2.17. The fourth-order valence-electron chi connectivity index (χ4n) is 1.21. The fourth-order valence-corrected chi connectivity index (χ4v) is 1.84. The molecule has 2 aromatic rings. The number of hydrogen-bond acceptors (Lipinski definition) is 6. The van der Waals surface area contributed by atoms with Gasteiger partial charge in [-0.1, -0.05) is 0 Å². The number of aromatic nitrogens is 4. The third-order valence-electron chi connectivity index (χ3n) is 1.95. The molecule has 0 radical (unpaired) electrons. The van der Waals surface area contributed by atoms with Crippen LogP contribution in [0.4, 0.5) is 10.8 Å². The third kappa shape index (κ3) is 2.77. The lowest BCUT2D eigenvalue weighted by Gasteiger charge is -1.95. The van der Waals surface area contributed by atoms with Crippen LogP contribution in [0.15, 0.2) is 12.4 Å². The van der Waals surface area contributed by atoms with Crippen LogP contribution < -0.4 is 5.32 Å². The molecule has 0 amide bonds. The summed E-state index contributed by atoms with van der Waals surface area (Å²) in [5.74, 6) is 0.804. The molecule has 2 heterocycles. The second-order valence-electron chi connectivity index (χ2n) is 3.29. The summed E-state index contributed by atoms with van der Waals surface area (Å²) in [4.78, 5) is 4.33. The molecule has 0 aliphatic carbocycles. The summed E-state index contributed by atoms with van der Waals surface area (Å²) in [6, 6.07) is 0. The molecule has 0 bridgehead atoms.